The van der Waals surface area contributed by atoms with Gasteiger partial charge < -0.3 is 10.2 Å². The van der Waals surface area contributed by atoms with E-state index in [1.807, 2.05) is 6.92 Å². The Kier molecular flexibility index (Phi) is 6.45. The van der Waals surface area contributed by atoms with Crippen molar-refractivity contribution in [1.82, 2.24) is 15.2 Å². The molecule has 1 N–H and O–H groups in total. The first-order valence-corrected chi connectivity index (χ1v) is 9.81. The Balaban J connectivity index is 1.47. The molecule has 1 aromatic rings. The predicted octanol–water partition coefficient (Wildman–Crippen LogP) is 2.16. The van der Waals surface area contributed by atoms with Crippen LogP contribution < -0.4 is 10.2 Å². The molecular weight excluding hydrogens is 326 g/mol. The highest BCUT2D eigenvalue weighted by molar-refractivity contribution is 5.81. The molecule has 0 radical (unpaired) electrons. The van der Waals surface area contributed by atoms with Crippen LogP contribution in [0.1, 0.15) is 44.6 Å². The average Bonchev–Trinajstić information content (AvgIpc) is 2.72. The maximum absolute atomic E-state index is 12.5. The van der Waals surface area contributed by atoms with Crippen LogP contribution in [-0.4, -0.2) is 54.6 Å². The number of piperazine rings is 1. The second-order valence-corrected chi connectivity index (χ2v) is 7.43. The lowest BCUT2D eigenvalue weighted by Gasteiger charge is -2.38. The molecule has 0 spiro atoms. The number of amides is 1. The number of hydrogen-bond acceptors (Lipinski definition) is 5. The highest BCUT2D eigenvalue weighted by Crippen LogP contribution is 2.23. The Hall–Kier alpha value is -2.13. The average molecular weight is 355 g/mol. The van der Waals surface area contributed by atoms with E-state index in [0.717, 1.165) is 38.5 Å². The summed E-state index contributed by atoms with van der Waals surface area (Å²) in [6, 6.07) is 5.69. The van der Waals surface area contributed by atoms with Crippen LogP contribution in [0.15, 0.2) is 18.3 Å². The van der Waals surface area contributed by atoms with E-state index in [0.29, 0.717) is 11.5 Å². The largest absolute Gasteiger partial charge is 0.354 e. The zero-order valence-electron chi connectivity index (χ0n) is 15.7. The second-order valence-electron chi connectivity index (χ2n) is 7.43. The number of carbonyl (C=O) groups is 1. The minimum atomic E-state index is -0.111. The summed E-state index contributed by atoms with van der Waals surface area (Å²) in [5, 5.41) is 12.4. The number of rotatable bonds is 5. The maximum atomic E-state index is 12.5. The molecule has 1 saturated heterocycles. The third-order valence-corrected chi connectivity index (χ3v) is 5.74. The highest BCUT2D eigenvalue weighted by atomic mass is 16.2. The summed E-state index contributed by atoms with van der Waals surface area (Å²) < 4.78 is 0. The van der Waals surface area contributed by atoms with Crippen molar-refractivity contribution in [2.24, 2.45) is 5.92 Å². The fourth-order valence-corrected chi connectivity index (χ4v) is 4.01. The second kappa shape index (κ2) is 9.00. The van der Waals surface area contributed by atoms with Gasteiger partial charge in [0.25, 0.3) is 0 Å². The molecule has 0 aromatic carbocycles. The van der Waals surface area contributed by atoms with E-state index in [-0.39, 0.29) is 11.9 Å². The molecule has 1 atom stereocenters. The molecule has 1 saturated carbocycles. The van der Waals surface area contributed by atoms with Crippen LogP contribution in [0.2, 0.25) is 0 Å². The van der Waals surface area contributed by atoms with E-state index in [9.17, 15) is 10.1 Å². The quantitative estimate of drug-likeness (QED) is 0.876. The summed E-state index contributed by atoms with van der Waals surface area (Å²) in [4.78, 5) is 21.2. The molecule has 1 aromatic heterocycles. The fraction of sp³-hybridized carbons (Fsp3) is 0.650. The van der Waals surface area contributed by atoms with Gasteiger partial charge in [0.05, 0.1) is 11.6 Å². The van der Waals surface area contributed by atoms with E-state index in [4.69, 9.17) is 0 Å². The van der Waals surface area contributed by atoms with E-state index in [1.54, 1.807) is 18.3 Å². The van der Waals surface area contributed by atoms with Crippen LogP contribution in [0.4, 0.5) is 5.82 Å². The molecule has 2 aliphatic rings. The third-order valence-electron chi connectivity index (χ3n) is 5.74. The van der Waals surface area contributed by atoms with Crippen LogP contribution in [0, 0.1) is 17.2 Å². The molecule has 140 valence electrons. The summed E-state index contributed by atoms with van der Waals surface area (Å²) >= 11 is 0. The normalized spacial score (nSPS) is 20.4. The fourth-order valence-electron chi connectivity index (χ4n) is 4.01. The number of anilines is 1. The number of carbonyl (C=O) groups excluding carboxylic acids is 1. The topological polar surface area (TPSA) is 72.3 Å². The first-order chi connectivity index (χ1) is 12.7. The van der Waals surface area contributed by atoms with Crippen LogP contribution in [0.25, 0.3) is 0 Å². The van der Waals surface area contributed by atoms with Gasteiger partial charge in [-0.05, 0) is 37.8 Å². The van der Waals surface area contributed by atoms with E-state index < -0.39 is 0 Å². The smallest absolute Gasteiger partial charge is 0.237 e. The summed E-state index contributed by atoms with van der Waals surface area (Å²) in [6.07, 6.45) is 8.17. The molecule has 2 fully saturated rings. The number of nitriles is 1. The van der Waals surface area contributed by atoms with Gasteiger partial charge in [-0.15, -0.1) is 0 Å². The van der Waals surface area contributed by atoms with Gasteiger partial charge in [-0.3, -0.25) is 9.69 Å². The van der Waals surface area contributed by atoms with Gasteiger partial charge in [-0.2, -0.15) is 5.26 Å². The number of pyridine rings is 1. The molecule has 1 amide bonds. The summed E-state index contributed by atoms with van der Waals surface area (Å²) in [6.45, 7) is 5.99. The van der Waals surface area contributed by atoms with Gasteiger partial charge in [0.15, 0.2) is 0 Å². The molecule has 1 aliphatic heterocycles. The molecule has 0 bridgehead atoms. The lowest BCUT2D eigenvalue weighted by Crippen LogP contribution is -2.54. The van der Waals surface area contributed by atoms with Crippen LogP contribution >= 0.6 is 0 Å². The van der Waals surface area contributed by atoms with Gasteiger partial charge >= 0.3 is 0 Å². The molecule has 6 heteroatoms. The SMILES string of the molecule is CC(C(=O)NCC1CCCCC1)N1CCN(c2ncccc2C#N)CC1. The van der Waals surface area contributed by atoms with Gasteiger partial charge in [-0.25, -0.2) is 4.98 Å². The Morgan fingerprint density at radius 1 is 1.31 bits per heavy atom. The summed E-state index contributed by atoms with van der Waals surface area (Å²) in [5.74, 6) is 1.55. The van der Waals surface area contributed by atoms with Crippen molar-refractivity contribution in [2.45, 2.75) is 45.1 Å². The molecular formula is C20H29N5O. The van der Waals surface area contributed by atoms with Crippen molar-refractivity contribution < 1.29 is 4.79 Å². The van der Waals surface area contributed by atoms with Crippen molar-refractivity contribution in [3.05, 3.63) is 23.9 Å². The molecule has 2 heterocycles. The Morgan fingerprint density at radius 2 is 2.04 bits per heavy atom. The van der Waals surface area contributed by atoms with Gasteiger partial charge in [0, 0.05) is 38.9 Å². The minimum Gasteiger partial charge on any atom is -0.354 e. The number of nitrogens with one attached hydrogen (secondary N) is 1. The Bertz CT molecular complexity index is 642. The molecule has 26 heavy (non-hydrogen) atoms. The zero-order valence-corrected chi connectivity index (χ0v) is 15.7. The maximum Gasteiger partial charge on any atom is 0.237 e. The van der Waals surface area contributed by atoms with E-state index in [1.165, 1.54) is 32.1 Å². The zero-order chi connectivity index (χ0) is 18.4. The van der Waals surface area contributed by atoms with Gasteiger partial charge in [0.1, 0.15) is 11.9 Å². The van der Waals surface area contributed by atoms with Crippen molar-refractivity contribution in [2.75, 3.05) is 37.6 Å². The molecule has 1 unspecified atom stereocenters. The highest BCUT2D eigenvalue weighted by Gasteiger charge is 2.27. The lowest BCUT2D eigenvalue weighted by atomic mass is 9.89. The van der Waals surface area contributed by atoms with Crippen molar-refractivity contribution in [1.29, 1.82) is 5.26 Å². The monoisotopic (exact) mass is 355 g/mol. The van der Waals surface area contributed by atoms with Crippen LogP contribution in [-0.2, 0) is 4.79 Å². The van der Waals surface area contributed by atoms with Crippen molar-refractivity contribution >= 4 is 11.7 Å². The first kappa shape index (κ1) is 18.7. The number of nitrogens with zero attached hydrogens (tertiary/aromatic N) is 4. The van der Waals surface area contributed by atoms with Crippen LogP contribution in [0.5, 0.6) is 0 Å². The molecule has 6 nitrogen and oxygen atoms in total. The Morgan fingerprint density at radius 3 is 2.73 bits per heavy atom. The van der Waals surface area contributed by atoms with Crippen molar-refractivity contribution in [3.63, 3.8) is 0 Å². The lowest BCUT2D eigenvalue weighted by molar-refractivity contribution is -0.126. The van der Waals surface area contributed by atoms with E-state index >= 15 is 0 Å². The van der Waals surface area contributed by atoms with E-state index in [2.05, 4.69) is 26.2 Å². The summed E-state index contributed by atoms with van der Waals surface area (Å²) in [7, 11) is 0. The minimum absolute atomic E-state index is 0.111. The molecule has 1 aliphatic carbocycles. The van der Waals surface area contributed by atoms with Crippen LogP contribution in [0.3, 0.4) is 0 Å². The standard InChI is InChI=1S/C20H29N5O/c1-16(20(26)23-15-17-6-3-2-4-7-17)24-10-12-25(13-11-24)19-18(14-21)8-5-9-22-19/h5,8-9,16-17H,2-4,6-7,10-13,15H2,1H3,(H,23,26). The van der Waals surface area contributed by atoms with Gasteiger partial charge in [-0.1, -0.05) is 19.3 Å². The molecule has 3 rings (SSSR count). The number of aromatic nitrogens is 1. The van der Waals surface area contributed by atoms with Crippen molar-refractivity contribution in [3.8, 4) is 6.07 Å². The first-order valence-electron chi connectivity index (χ1n) is 9.81. The summed E-state index contributed by atoms with van der Waals surface area (Å²) in [5.41, 5.74) is 0.610. The number of hydrogen-bond donors (Lipinski definition) is 1. The Labute approximate surface area is 156 Å². The third kappa shape index (κ3) is 4.53. The van der Waals surface area contributed by atoms with Gasteiger partial charge in [0.2, 0.25) is 5.91 Å². The predicted molar refractivity (Wildman–Crippen MR) is 102 cm³/mol.